The fraction of sp³-hybridized carbons (Fsp3) is 0. The number of benzene rings is 3. The minimum Gasteiger partial charge on any atom is -0.454 e. The molecule has 0 saturated heterocycles. The zero-order valence-electron chi connectivity index (χ0n) is 10.6. The molecule has 0 fully saturated rings. The van der Waals surface area contributed by atoms with Gasteiger partial charge in [0.25, 0.3) is 0 Å². The molecule has 2 heteroatoms. The molecule has 20 heavy (non-hydrogen) atoms. The molecule has 0 aliphatic carbocycles. The Bertz CT molecular complexity index is 907. The number of para-hydroxylation sites is 1. The lowest BCUT2D eigenvalue weighted by molar-refractivity contribution is 0.669. The van der Waals surface area contributed by atoms with Crippen molar-refractivity contribution >= 4 is 33.5 Å². The van der Waals surface area contributed by atoms with Crippen molar-refractivity contribution in [3.63, 3.8) is 0 Å². The molecule has 0 spiro atoms. The molecular formula is C18H11ClO. The van der Waals surface area contributed by atoms with Gasteiger partial charge in [-0.25, -0.2) is 0 Å². The Kier molecular flexibility index (Phi) is 2.54. The summed E-state index contributed by atoms with van der Waals surface area (Å²) < 4.78 is 5.91. The highest BCUT2D eigenvalue weighted by molar-refractivity contribution is 6.36. The minimum absolute atomic E-state index is 0.649. The van der Waals surface area contributed by atoms with Gasteiger partial charge in [-0.3, -0.25) is 0 Å². The van der Waals surface area contributed by atoms with Gasteiger partial charge in [0.15, 0.2) is 5.58 Å². The van der Waals surface area contributed by atoms with Gasteiger partial charge in [0.1, 0.15) is 5.58 Å². The summed E-state index contributed by atoms with van der Waals surface area (Å²) in [6.07, 6.45) is 0. The monoisotopic (exact) mass is 278 g/mol. The van der Waals surface area contributed by atoms with Gasteiger partial charge in [-0.1, -0.05) is 66.2 Å². The number of halogens is 1. The van der Waals surface area contributed by atoms with Crippen LogP contribution in [0.5, 0.6) is 0 Å². The van der Waals surface area contributed by atoms with Crippen LogP contribution in [0.3, 0.4) is 0 Å². The first-order valence-corrected chi connectivity index (χ1v) is 6.87. The highest BCUT2D eigenvalue weighted by Crippen LogP contribution is 2.39. The van der Waals surface area contributed by atoms with E-state index in [-0.39, 0.29) is 0 Å². The molecular weight excluding hydrogens is 268 g/mol. The smallest absolute Gasteiger partial charge is 0.154 e. The van der Waals surface area contributed by atoms with E-state index < -0.39 is 0 Å². The van der Waals surface area contributed by atoms with Crippen LogP contribution in [-0.4, -0.2) is 0 Å². The SMILES string of the molecule is Clc1ccc(-c2ccccc2)c2c1oc1ccccc12. The third kappa shape index (κ3) is 1.64. The van der Waals surface area contributed by atoms with Crippen LogP contribution in [-0.2, 0) is 0 Å². The van der Waals surface area contributed by atoms with Gasteiger partial charge in [0.2, 0.25) is 0 Å². The van der Waals surface area contributed by atoms with Gasteiger partial charge in [0, 0.05) is 10.8 Å². The lowest BCUT2D eigenvalue weighted by Crippen LogP contribution is -1.79. The molecule has 0 N–H and O–H groups in total. The zero-order valence-corrected chi connectivity index (χ0v) is 11.4. The van der Waals surface area contributed by atoms with Crippen LogP contribution in [0, 0.1) is 0 Å². The van der Waals surface area contributed by atoms with Gasteiger partial charge in [-0.2, -0.15) is 0 Å². The van der Waals surface area contributed by atoms with Crippen LogP contribution in [0.4, 0.5) is 0 Å². The summed E-state index contributed by atoms with van der Waals surface area (Å²) in [4.78, 5) is 0. The molecule has 0 bridgehead atoms. The molecule has 4 aromatic rings. The topological polar surface area (TPSA) is 13.1 Å². The van der Waals surface area contributed by atoms with Crippen molar-refractivity contribution in [3.8, 4) is 11.1 Å². The number of hydrogen-bond donors (Lipinski definition) is 0. The van der Waals surface area contributed by atoms with Gasteiger partial charge in [-0.05, 0) is 23.3 Å². The molecule has 0 amide bonds. The summed E-state index contributed by atoms with van der Waals surface area (Å²) >= 11 is 6.29. The van der Waals surface area contributed by atoms with Gasteiger partial charge in [-0.15, -0.1) is 0 Å². The van der Waals surface area contributed by atoms with E-state index in [9.17, 15) is 0 Å². The highest BCUT2D eigenvalue weighted by atomic mass is 35.5. The summed E-state index contributed by atoms with van der Waals surface area (Å²) in [7, 11) is 0. The number of hydrogen-bond acceptors (Lipinski definition) is 1. The molecule has 1 heterocycles. The lowest BCUT2D eigenvalue weighted by Gasteiger charge is -2.04. The summed E-state index contributed by atoms with van der Waals surface area (Å²) in [6, 6.07) is 22.3. The van der Waals surface area contributed by atoms with Crippen molar-refractivity contribution in [3.05, 3.63) is 71.8 Å². The molecule has 1 aromatic heterocycles. The van der Waals surface area contributed by atoms with E-state index in [1.165, 1.54) is 5.56 Å². The van der Waals surface area contributed by atoms with E-state index in [1.807, 2.05) is 42.5 Å². The second kappa shape index (κ2) is 4.39. The Hall–Kier alpha value is -2.25. The van der Waals surface area contributed by atoms with E-state index in [2.05, 4.69) is 24.3 Å². The van der Waals surface area contributed by atoms with E-state index in [0.29, 0.717) is 5.02 Å². The summed E-state index contributed by atoms with van der Waals surface area (Å²) in [5.41, 5.74) is 3.94. The van der Waals surface area contributed by atoms with Gasteiger partial charge in [0.05, 0.1) is 5.02 Å². The maximum absolute atomic E-state index is 6.29. The number of furan rings is 1. The lowest BCUT2D eigenvalue weighted by atomic mass is 9.99. The van der Waals surface area contributed by atoms with Gasteiger partial charge >= 0.3 is 0 Å². The molecule has 3 aromatic carbocycles. The Labute approximate surface area is 121 Å². The third-order valence-electron chi connectivity index (χ3n) is 3.56. The standard InChI is InChI=1S/C18H11ClO/c19-15-11-10-13(12-6-2-1-3-7-12)17-14-8-4-5-9-16(14)20-18(15)17/h1-11H. The normalized spacial score (nSPS) is 11.2. The quantitative estimate of drug-likeness (QED) is 0.422. The maximum atomic E-state index is 6.29. The molecule has 96 valence electrons. The Morgan fingerprint density at radius 1 is 0.750 bits per heavy atom. The minimum atomic E-state index is 0.649. The molecule has 0 atom stereocenters. The fourth-order valence-electron chi connectivity index (χ4n) is 2.65. The Balaban J connectivity index is 2.19. The fourth-order valence-corrected chi connectivity index (χ4v) is 2.85. The predicted octanol–water partition coefficient (Wildman–Crippen LogP) is 5.91. The molecule has 0 radical (unpaired) electrons. The average molecular weight is 279 g/mol. The Morgan fingerprint density at radius 3 is 2.35 bits per heavy atom. The van der Waals surface area contributed by atoms with Crippen molar-refractivity contribution in [1.82, 2.24) is 0 Å². The molecule has 1 nitrogen and oxygen atoms in total. The van der Waals surface area contributed by atoms with E-state index >= 15 is 0 Å². The van der Waals surface area contributed by atoms with Crippen LogP contribution in [0.25, 0.3) is 33.1 Å². The van der Waals surface area contributed by atoms with E-state index in [0.717, 1.165) is 27.5 Å². The first-order valence-electron chi connectivity index (χ1n) is 6.50. The van der Waals surface area contributed by atoms with Crippen molar-refractivity contribution in [2.45, 2.75) is 0 Å². The number of rotatable bonds is 1. The molecule has 0 unspecified atom stereocenters. The summed E-state index contributed by atoms with van der Waals surface area (Å²) in [6.45, 7) is 0. The number of fused-ring (bicyclic) bond motifs is 3. The van der Waals surface area contributed by atoms with Crippen molar-refractivity contribution in [1.29, 1.82) is 0 Å². The van der Waals surface area contributed by atoms with Crippen LogP contribution in [0.15, 0.2) is 71.1 Å². The van der Waals surface area contributed by atoms with E-state index in [1.54, 1.807) is 0 Å². The Morgan fingerprint density at radius 2 is 1.50 bits per heavy atom. The zero-order chi connectivity index (χ0) is 13.5. The summed E-state index contributed by atoms with van der Waals surface area (Å²) in [5, 5.41) is 2.83. The van der Waals surface area contributed by atoms with Crippen LogP contribution in [0.1, 0.15) is 0 Å². The second-order valence-electron chi connectivity index (χ2n) is 4.76. The first-order chi connectivity index (χ1) is 9.84. The molecule has 4 rings (SSSR count). The van der Waals surface area contributed by atoms with Crippen molar-refractivity contribution < 1.29 is 4.42 Å². The van der Waals surface area contributed by atoms with Crippen molar-refractivity contribution in [2.75, 3.05) is 0 Å². The van der Waals surface area contributed by atoms with E-state index in [4.69, 9.17) is 16.0 Å². The average Bonchev–Trinajstić information content (AvgIpc) is 2.89. The second-order valence-corrected chi connectivity index (χ2v) is 5.17. The summed E-state index contributed by atoms with van der Waals surface area (Å²) in [5.74, 6) is 0. The predicted molar refractivity (Wildman–Crippen MR) is 84.2 cm³/mol. The molecule has 0 aliphatic rings. The molecule has 0 saturated carbocycles. The largest absolute Gasteiger partial charge is 0.454 e. The van der Waals surface area contributed by atoms with Crippen molar-refractivity contribution in [2.24, 2.45) is 0 Å². The van der Waals surface area contributed by atoms with Crippen LogP contribution in [0.2, 0.25) is 5.02 Å². The molecule has 0 aliphatic heterocycles. The van der Waals surface area contributed by atoms with Crippen LogP contribution < -0.4 is 0 Å². The third-order valence-corrected chi connectivity index (χ3v) is 3.86. The maximum Gasteiger partial charge on any atom is 0.154 e. The van der Waals surface area contributed by atoms with Crippen LogP contribution >= 0.6 is 11.6 Å². The highest BCUT2D eigenvalue weighted by Gasteiger charge is 2.14. The first kappa shape index (κ1) is 11.6. The van der Waals surface area contributed by atoms with Gasteiger partial charge < -0.3 is 4.42 Å².